The Hall–Kier alpha value is -1.94. The number of hydrogen-bond donors (Lipinski definition) is 2. The van der Waals surface area contributed by atoms with Crippen LogP contribution in [0.5, 0.6) is 0 Å². The average Bonchev–Trinajstić information content (AvgIpc) is 3.21. The van der Waals surface area contributed by atoms with Crippen LogP contribution >= 0.6 is 0 Å². The van der Waals surface area contributed by atoms with Gasteiger partial charge in [-0.3, -0.25) is 9.69 Å². The number of amides is 1. The van der Waals surface area contributed by atoms with Crippen molar-refractivity contribution >= 4 is 26.8 Å². The molecule has 8 nitrogen and oxygen atoms in total. The molecule has 0 radical (unpaired) electrons. The van der Waals surface area contributed by atoms with Gasteiger partial charge in [0.15, 0.2) is 0 Å². The fraction of sp³-hybridized carbons (Fsp3) is 0.591. The van der Waals surface area contributed by atoms with Crippen LogP contribution in [-0.4, -0.2) is 86.2 Å². The van der Waals surface area contributed by atoms with Crippen LogP contribution in [0.15, 0.2) is 30.5 Å². The molecule has 0 atom stereocenters. The second-order valence-corrected chi connectivity index (χ2v) is 10.5. The molecule has 1 aromatic carbocycles. The largest absolute Gasteiger partial charge is 0.381 e. The number of hydrogen-bond acceptors (Lipinski definition) is 5. The van der Waals surface area contributed by atoms with Crippen LogP contribution in [0.3, 0.4) is 0 Å². The fourth-order valence-electron chi connectivity index (χ4n) is 4.84. The average molecular weight is 449 g/mol. The monoisotopic (exact) mass is 448 g/mol. The number of carbonyl (C=O) groups is 1. The summed E-state index contributed by atoms with van der Waals surface area (Å²) < 4.78 is 30.8. The molecular weight excluding hydrogens is 416 g/mol. The maximum absolute atomic E-state index is 12.8. The number of H-pyrrole nitrogens is 1. The van der Waals surface area contributed by atoms with Crippen molar-refractivity contribution in [2.45, 2.75) is 37.8 Å². The van der Waals surface area contributed by atoms with Crippen molar-refractivity contribution in [1.29, 1.82) is 0 Å². The van der Waals surface area contributed by atoms with Crippen molar-refractivity contribution in [3.05, 3.63) is 36.0 Å². The van der Waals surface area contributed by atoms with E-state index in [2.05, 4.69) is 15.2 Å². The molecule has 170 valence electrons. The summed E-state index contributed by atoms with van der Waals surface area (Å²) >= 11 is 0. The molecule has 2 aromatic rings. The number of nitrogens with zero attached hydrogens (tertiary/aromatic N) is 2. The summed E-state index contributed by atoms with van der Waals surface area (Å²) in [5.74, 6) is -0.0729. The zero-order valence-electron chi connectivity index (χ0n) is 18.0. The molecule has 31 heavy (non-hydrogen) atoms. The number of aromatic amines is 1. The molecule has 0 saturated carbocycles. The van der Waals surface area contributed by atoms with E-state index in [9.17, 15) is 13.2 Å². The number of carbonyl (C=O) groups excluding carboxylic acids is 1. The minimum atomic E-state index is -3.14. The van der Waals surface area contributed by atoms with Crippen LogP contribution in [0.2, 0.25) is 0 Å². The molecule has 1 aromatic heterocycles. The standard InChI is InChI=1S/C22H32N4O4S/c1-31(28,29)25-11-6-17(7-12-25)26(18-8-14-30-15-9-18)13-10-23-22(27)20-16-24-21-5-3-2-4-19(20)21/h2-5,16-18,24H,6-15H2,1H3,(H,23,27). The summed E-state index contributed by atoms with van der Waals surface area (Å²) in [6.45, 7) is 3.94. The Labute approximate surface area is 184 Å². The number of rotatable bonds is 7. The van der Waals surface area contributed by atoms with E-state index in [1.54, 1.807) is 10.5 Å². The molecule has 0 bridgehead atoms. The molecule has 1 amide bonds. The Morgan fingerprint density at radius 3 is 2.55 bits per heavy atom. The third-order valence-corrected chi connectivity index (χ3v) is 7.81. The molecular formula is C22H32N4O4S. The summed E-state index contributed by atoms with van der Waals surface area (Å²) in [4.78, 5) is 18.4. The number of benzene rings is 1. The molecule has 0 aliphatic carbocycles. The van der Waals surface area contributed by atoms with Gasteiger partial charge >= 0.3 is 0 Å². The highest BCUT2D eigenvalue weighted by molar-refractivity contribution is 7.88. The van der Waals surface area contributed by atoms with Crippen LogP contribution in [0.1, 0.15) is 36.0 Å². The first-order valence-electron chi connectivity index (χ1n) is 11.1. The molecule has 2 aliphatic rings. The van der Waals surface area contributed by atoms with Gasteiger partial charge in [-0.15, -0.1) is 0 Å². The maximum atomic E-state index is 12.8. The Morgan fingerprint density at radius 2 is 1.84 bits per heavy atom. The van der Waals surface area contributed by atoms with E-state index in [-0.39, 0.29) is 5.91 Å². The van der Waals surface area contributed by atoms with Crippen LogP contribution in [0.4, 0.5) is 0 Å². The van der Waals surface area contributed by atoms with Crippen molar-refractivity contribution in [2.24, 2.45) is 0 Å². The number of para-hydroxylation sites is 1. The molecule has 2 saturated heterocycles. The van der Waals surface area contributed by atoms with Gasteiger partial charge in [-0.25, -0.2) is 12.7 Å². The number of piperidine rings is 1. The van der Waals surface area contributed by atoms with Gasteiger partial charge in [0.05, 0.1) is 11.8 Å². The van der Waals surface area contributed by atoms with Crippen LogP contribution in [0.25, 0.3) is 10.9 Å². The molecule has 2 fully saturated rings. The minimum absolute atomic E-state index is 0.0729. The third-order valence-electron chi connectivity index (χ3n) is 6.51. The van der Waals surface area contributed by atoms with E-state index in [4.69, 9.17) is 4.74 Å². The smallest absolute Gasteiger partial charge is 0.253 e. The van der Waals surface area contributed by atoms with E-state index in [1.165, 1.54) is 6.26 Å². The van der Waals surface area contributed by atoms with Crippen LogP contribution in [0, 0.1) is 0 Å². The van der Waals surface area contributed by atoms with Gasteiger partial charge in [0.25, 0.3) is 5.91 Å². The number of ether oxygens (including phenoxy) is 1. The van der Waals surface area contributed by atoms with Gasteiger partial charge in [-0.2, -0.15) is 0 Å². The predicted molar refractivity (Wildman–Crippen MR) is 121 cm³/mol. The van der Waals surface area contributed by atoms with E-state index in [0.29, 0.717) is 37.3 Å². The SMILES string of the molecule is CS(=O)(=O)N1CCC(N(CCNC(=O)c2c[nH]c3ccccc23)C2CCOCC2)CC1. The predicted octanol–water partition coefficient (Wildman–Crippen LogP) is 1.80. The maximum Gasteiger partial charge on any atom is 0.253 e. The third kappa shape index (κ3) is 5.28. The summed E-state index contributed by atoms with van der Waals surface area (Å²) in [5.41, 5.74) is 1.61. The lowest BCUT2D eigenvalue weighted by molar-refractivity contribution is 0.00747. The highest BCUT2D eigenvalue weighted by Gasteiger charge is 2.32. The first-order chi connectivity index (χ1) is 14.9. The summed E-state index contributed by atoms with van der Waals surface area (Å²) in [6.07, 6.45) is 6.63. The summed E-state index contributed by atoms with van der Waals surface area (Å²) in [6, 6.07) is 8.52. The van der Waals surface area contributed by atoms with Crippen LogP contribution < -0.4 is 5.32 Å². The zero-order chi connectivity index (χ0) is 21.8. The lowest BCUT2D eigenvalue weighted by Gasteiger charge is -2.43. The lowest BCUT2D eigenvalue weighted by atomic mass is 9.98. The van der Waals surface area contributed by atoms with E-state index < -0.39 is 10.0 Å². The summed E-state index contributed by atoms with van der Waals surface area (Å²) in [7, 11) is -3.14. The normalized spacial score (nSPS) is 19.8. The molecule has 4 rings (SSSR count). The van der Waals surface area contributed by atoms with Gasteiger partial charge in [0.1, 0.15) is 0 Å². The first-order valence-corrected chi connectivity index (χ1v) is 12.9. The number of aromatic nitrogens is 1. The van der Waals surface area contributed by atoms with Gasteiger partial charge in [-0.05, 0) is 31.7 Å². The molecule has 3 heterocycles. The Balaban J connectivity index is 1.38. The van der Waals surface area contributed by atoms with E-state index in [0.717, 1.165) is 56.3 Å². The van der Waals surface area contributed by atoms with Crippen molar-refractivity contribution in [3.8, 4) is 0 Å². The van der Waals surface area contributed by atoms with Crippen molar-refractivity contribution < 1.29 is 17.9 Å². The van der Waals surface area contributed by atoms with E-state index in [1.807, 2.05) is 24.3 Å². The minimum Gasteiger partial charge on any atom is -0.381 e. The lowest BCUT2D eigenvalue weighted by Crippen LogP contribution is -2.53. The number of fused-ring (bicyclic) bond motifs is 1. The van der Waals surface area contributed by atoms with Crippen molar-refractivity contribution in [1.82, 2.24) is 19.5 Å². The molecule has 2 aliphatic heterocycles. The highest BCUT2D eigenvalue weighted by Crippen LogP contribution is 2.24. The van der Waals surface area contributed by atoms with E-state index >= 15 is 0 Å². The quantitative estimate of drug-likeness (QED) is 0.674. The van der Waals surface area contributed by atoms with Gasteiger partial charge in [0.2, 0.25) is 10.0 Å². The second kappa shape index (κ2) is 9.68. The zero-order valence-corrected chi connectivity index (χ0v) is 18.9. The number of sulfonamides is 1. The number of nitrogens with one attached hydrogen (secondary N) is 2. The first kappa shape index (κ1) is 22.3. The molecule has 9 heteroatoms. The molecule has 0 unspecified atom stereocenters. The van der Waals surface area contributed by atoms with Gasteiger partial charge in [-0.1, -0.05) is 18.2 Å². The van der Waals surface area contributed by atoms with Gasteiger partial charge in [0, 0.05) is 68.6 Å². The molecule has 2 N–H and O–H groups in total. The van der Waals surface area contributed by atoms with Gasteiger partial charge < -0.3 is 15.0 Å². The van der Waals surface area contributed by atoms with Crippen LogP contribution in [-0.2, 0) is 14.8 Å². The Bertz CT molecular complexity index is 992. The summed E-state index contributed by atoms with van der Waals surface area (Å²) in [5, 5.41) is 4.01. The topological polar surface area (TPSA) is 94.7 Å². The molecule has 0 spiro atoms. The Morgan fingerprint density at radius 1 is 1.16 bits per heavy atom. The van der Waals surface area contributed by atoms with Crippen molar-refractivity contribution in [2.75, 3.05) is 45.6 Å². The van der Waals surface area contributed by atoms with Crippen molar-refractivity contribution in [3.63, 3.8) is 0 Å². The highest BCUT2D eigenvalue weighted by atomic mass is 32.2. The Kier molecular flexibility index (Phi) is 6.95. The fourth-order valence-corrected chi connectivity index (χ4v) is 5.71. The second-order valence-electron chi connectivity index (χ2n) is 8.48.